The van der Waals surface area contributed by atoms with E-state index in [0.29, 0.717) is 5.58 Å². The van der Waals surface area contributed by atoms with Crippen molar-refractivity contribution in [1.29, 1.82) is 0 Å². The van der Waals surface area contributed by atoms with Gasteiger partial charge in [-0.15, -0.1) is 0 Å². The normalized spacial score (nSPS) is 10.8. The number of hydrogen-bond donors (Lipinski definition) is 1. The van der Waals surface area contributed by atoms with E-state index in [0.717, 1.165) is 15.6 Å². The molecule has 1 aromatic heterocycles. The molecule has 2 nitrogen and oxygen atoms in total. The van der Waals surface area contributed by atoms with Gasteiger partial charge in [-0.05, 0) is 41.1 Å². The van der Waals surface area contributed by atoms with E-state index in [1.54, 1.807) is 12.1 Å². The Labute approximate surface area is 77.9 Å². The van der Waals surface area contributed by atoms with Crippen molar-refractivity contribution < 1.29 is 9.52 Å². The molecule has 0 unspecified atom stereocenters. The van der Waals surface area contributed by atoms with Crippen LogP contribution in [0, 0.1) is 6.92 Å². The summed E-state index contributed by atoms with van der Waals surface area (Å²) in [5, 5.41) is 10.2. The molecule has 1 aromatic carbocycles. The Bertz CT molecular complexity index is 392. The monoisotopic (exact) mass is 226 g/mol. The molecule has 0 aliphatic rings. The smallest absolute Gasteiger partial charge is 0.152 e. The zero-order valence-corrected chi connectivity index (χ0v) is 8.05. The van der Waals surface area contributed by atoms with Gasteiger partial charge in [0.25, 0.3) is 0 Å². The zero-order chi connectivity index (χ0) is 8.72. The average molecular weight is 227 g/mol. The van der Waals surface area contributed by atoms with Crippen molar-refractivity contribution in [1.82, 2.24) is 0 Å². The first-order chi connectivity index (χ1) is 5.68. The van der Waals surface area contributed by atoms with Gasteiger partial charge in [-0.25, -0.2) is 0 Å². The second-order valence-electron chi connectivity index (χ2n) is 2.67. The van der Waals surface area contributed by atoms with Gasteiger partial charge in [-0.3, -0.25) is 0 Å². The van der Waals surface area contributed by atoms with Gasteiger partial charge in [-0.1, -0.05) is 0 Å². The van der Waals surface area contributed by atoms with Crippen LogP contribution >= 0.6 is 15.9 Å². The topological polar surface area (TPSA) is 33.4 Å². The number of halogens is 1. The SMILES string of the molecule is Cc1cc2c(O)ccc(Br)c2o1. The van der Waals surface area contributed by atoms with Crippen molar-refractivity contribution in [2.24, 2.45) is 0 Å². The first-order valence-corrected chi connectivity index (χ1v) is 4.35. The van der Waals surface area contributed by atoms with Crippen LogP contribution in [0.25, 0.3) is 11.0 Å². The lowest BCUT2D eigenvalue weighted by atomic mass is 10.2. The van der Waals surface area contributed by atoms with Crippen molar-refractivity contribution in [3.05, 3.63) is 28.4 Å². The number of phenols is 1. The fraction of sp³-hybridized carbons (Fsp3) is 0.111. The molecule has 0 bridgehead atoms. The predicted octanol–water partition coefficient (Wildman–Crippen LogP) is 3.21. The molecule has 0 fully saturated rings. The molecule has 0 atom stereocenters. The minimum absolute atomic E-state index is 0.255. The highest BCUT2D eigenvalue weighted by atomic mass is 79.9. The molecule has 12 heavy (non-hydrogen) atoms. The summed E-state index contributed by atoms with van der Waals surface area (Å²) < 4.78 is 6.24. The van der Waals surface area contributed by atoms with Crippen molar-refractivity contribution >= 4 is 26.9 Å². The third kappa shape index (κ3) is 1.01. The molecule has 0 amide bonds. The van der Waals surface area contributed by atoms with Gasteiger partial charge < -0.3 is 9.52 Å². The Balaban J connectivity index is 2.93. The maximum atomic E-state index is 9.43. The number of aryl methyl sites for hydroxylation is 1. The quantitative estimate of drug-likeness (QED) is 0.749. The van der Waals surface area contributed by atoms with Crippen LogP contribution in [-0.2, 0) is 0 Å². The van der Waals surface area contributed by atoms with Crippen LogP contribution in [0.15, 0.2) is 27.1 Å². The van der Waals surface area contributed by atoms with E-state index in [9.17, 15) is 5.11 Å². The lowest BCUT2D eigenvalue weighted by Crippen LogP contribution is -1.68. The molecule has 2 rings (SSSR count). The summed E-state index contributed by atoms with van der Waals surface area (Å²) in [6.07, 6.45) is 0. The van der Waals surface area contributed by atoms with Crippen molar-refractivity contribution in [3.8, 4) is 5.75 Å². The van der Waals surface area contributed by atoms with Gasteiger partial charge >= 0.3 is 0 Å². The van der Waals surface area contributed by atoms with E-state index in [2.05, 4.69) is 15.9 Å². The van der Waals surface area contributed by atoms with Crippen LogP contribution in [0.2, 0.25) is 0 Å². The molecule has 1 heterocycles. The molecule has 0 aliphatic carbocycles. The summed E-state index contributed by atoms with van der Waals surface area (Å²) in [4.78, 5) is 0. The number of aromatic hydroxyl groups is 1. The molecule has 3 heteroatoms. The second kappa shape index (κ2) is 2.52. The summed E-state index contributed by atoms with van der Waals surface area (Å²) in [6.45, 7) is 1.85. The number of benzene rings is 1. The lowest BCUT2D eigenvalue weighted by Gasteiger charge is -1.94. The van der Waals surface area contributed by atoms with E-state index in [-0.39, 0.29) is 5.75 Å². The molecule has 2 aromatic rings. The van der Waals surface area contributed by atoms with Crippen molar-refractivity contribution in [3.63, 3.8) is 0 Å². The molecular formula is C9H7BrO2. The fourth-order valence-electron chi connectivity index (χ4n) is 1.20. The van der Waals surface area contributed by atoms with E-state index in [4.69, 9.17) is 4.42 Å². The Morgan fingerprint density at radius 3 is 2.83 bits per heavy atom. The van der Waals surface area contributed by atoms with E-state index < -0.39 is 0 Å². The standard InChI is InChI=1S/C9H7BrO2/c1-5-4-6-8(11)3-2-7(10)9(6)12-5/h2-4,11H,1H3. The highest BCUT2D eigenvalue weighted by Gasteiger charge is 2.07. The number of furan rings is 1. The highest BCUT2D eigenvalue weighted by molar-refractivity contribution is 9.10. The predicted molar refractivity (Wildman–Crippen MR) is 50.3 cm³/mol. The lowest BCUT2D eigenvalue weighted by molar-refractivity contribution is 0.481. The zero-order valence-electron chi connectivity index (χ0n) is 6.47. The van der Waals surface area contributed by atoms with Gasteiger partial charge in [-0.2, -0.15) is 0 Å². The number of fused-ring (bicyclic) bond motifs is 1. The molecule has 0 spiro atoms. The van der Waals surface area contributed by atoms with Gasteiger partial charge in [0.15, 0.2) is 5.58 Å². The molecule has 0 aliphatic heterocycles. The van der Waals surface area contributed by atoms with Crippen molar-refractivity contribution in [2.75, 3.05) is 0 Å². The Morgan fingerprint density at radius 2 is 2.17 bits per heavy atom. The average Bonchev–Trinajstić information content (AvgIpc) is 2.41. The van der Waals surface area contributed by atoms with Crippen LogP contribution in [0.1, 0.15) is 5.76 Å². The maximum Gasteiger partial charge on any atom is 0.152 e. The Morgan fingerprint density at radius 1 is 1.42 bits per heavy atom. The number of phenolic OH excluding ortho intramolecular Hbond substituents is 1. The van der Waals surface area contributed by atoms with Crippen LogP contribution in [-0.4, -0.2) is 5.11 Å². The Kier molecular flexibility index (Phi) is 1.61. The maximum absolute atomic E-state index is 9.43. The highest BCUT2D eigenvalue weighted by Crippen LogP contribution is 2.32. The van der Waals surface area contributed by atoms with Gasteiger partial charge in [0.1, 0.15) is 11.5 Å². The molecule has 0 saturated heterocycles. The van der Waals surface area contributed by atoms with Crippen LogP contribution < -0.4 is 0 Å². The van der Waals surface area contributed by atoms with E-state index in [1.165, 1.54) is 0 Å². The van der Waals surface area contributed by atoms with Gasteiger partial charge in [0, 0.05) is 0 Å². The number of hydrogen-bond acceptors (Lipinski definition) is 2. The van der Waals surface area contributed by atoms with Crippen molar-refractivity contribution in [2.45, 2.75) is 6.92 Å². The van der Waals surface area contributed by atoms with Crippen LogP contribution in [0.5, 0.6) is 5.75 Å². The first kappa shape index (κ1) is 7.68. The summed E-state index contributed by atoms with van der Waals surface area (Å²) in [6, 6.07) is 5.22. The third-order valence-corrected chi connectivity index (χ3v) is 2.36. The van der Waals surface area contributed by atoms with E-state index in [1.807, 2.05) is 13.0 Å². The summed E-state index contributed by atoms with van der Waals surface area (Å²) in [5.41, 5.74) is 0.701. The minimum atomic E-state index is 0.255. The molecule has 0 saturated carbocycles. The molecule has 1 N–H and O–H groups in total. The summed E-state index contributed by atoms with van der Waals surface area (Å²) in [7, 11) is 0. The van der Waals surface area contributed by atoms with Gasteiger partial charge in [0.2, 0.25) is 0 Å². The first-order valence-electron chi connectivity index (χ1n) is 3.56. The molecule has 62 valence electrons. The second-order valence-corrected chi connectivity index (χ2v) is 3.52. The number of rotatable bonds is 0. The summed E-state index contributed by atoms with van der Waals surface area (Å²) in [5.74, 6) is 1.05. The minimum Gasteiger partial charge on any atom is -0.507 e. The summed E-state index contributed by atoms with van der Waals surface area (Å²) >= 11 is 3.34. The Hall–Kier alpha value is -0.960. The fourth-order valence-corrected chi connectivity index (χ4v) is 1.63. The van der Waals surface area contributed by atoms with E-state index >= 15 is 0 Å². The van der Waals surface area contributed by atoms with Crippen LogP contribution in [0.3, 0.4) is 0 Å². The largest absolute Gasteiger partial charge is 0.507 e. The van der Waals surface area contributed by atoms with Gasteiger partial charge in [0.05, 0.1) is 9.86 Å². The molecule has 0 radical (unpaired) electrons. The molecular weight excluding hydrogens is 220 g/mol. The third-order valence-electron chi connectivity index (χ3n) is 1.74. The van der Waals surface area contributed by atoms with Crippen LogP contribution in [0.4, 0.5) is 0 Å².